The molecule has 0 atom stereocenters. The van der Waals surface area contributed by atoms with Gasteiger partial charge in [0.25, 0.3) is 0 Å². The minimum atomic E-state index is -0.404. The van der Waals surface area contributed by atoms with Gasteiger partial charge >= 0.3 is 5.97 Å². The van der Waals surface area contributed by atoms with Gasteiger partial charge in [0, 0.05) is 30.9 Å². The Kier molecular flexibility index (Phi) is 9.03. The summed E-state index contributed by atoms with van der Waals surface area (Å²) in [4.78, 5) is 28.7. The number of carbonyl (C=O) groups is 1. The Labute approximate surface area is 258 Å². The highest BCUT2D eigenvalue weighted by Gasteiger charge is 2.13. The molecule has 0 saturated carbocycles. The van der Waals surface area contributed by atoms with Gasteiger partial charge in [0.15, 0.2) is 0 Å². The highest BCUT2D eigenvalue weighted by Crippen LogP contribution is 2.24. The van der Waals surface area contributed by atoms with E-state index in [2.05, 4.69) is 68.8 Å². The molecule has 0 radical (unpaired) electrons. The number of hydrogen-bond donors (Lipinski definition) is 0. The normalized spacial score (nSPS) is 14.1. The first-order valence-electron chi connectivity index (χ1n) is 15.2. The molecule has 222 valence electrons. The minimum Gasteiger partial charge on any atom is -0.458 e. The maximum Gasteiger partial charge on any atom is 0.331 e. The zero-order valence-corrected chi connectivity index (χ0v) is 25.3. The number of esters is 1. The number of pyridine rings is 2. The van der Waals surface area contributed by atoms with Crippen molar-refractivity contribution in [2.45, 2.75) is 39.8 Å². The summed E-state index contributed by atoms with van der Waals surface area (Å²) < 4.78 is 7.71. The van der Waals surface area contributed by atoms with E-state index in [1.54, 1.807) is 18.5 Å². The van der Waals surface area contributed by atoms with Gasteiger partial charge in [0.2, 0.25) is 0 Å². The molecule has 1 aliphatic rings. The molecule has 4 heterocycles. The molecule has 0 spiro atoms. The smallest absolute Gasteiger partial charge is 0.331 e. The van der Waals surface area contributed by atoms with E-state index in [-0.39, 0.29) is 6.61 Å². The third-order valence-electron chi connectivity index (χ3n) is 8.04. The SMILES string of the molecule is Cc1ccc(/C(=C\CN2CCCC2)c2cccc(C=CC(=O)OCc3ccc(Cn4c(C)nc5cnccc54)cc3)n2)cc1. The zero-order chi connectivity index (χ0) is 30.3. The van der Waals surface area contributed by atoms with Crippen LogP contribution in [0.15, 0.2) is 97.3 Å². The van der Waals surface area contributed by atoms with E-state index in [9.17, 15) is 4.79 Å². The second-order valence-corrected chi connectivity index (χ2v) is 11.3. The lowest BCUT2D eigenvalue weighted by Crippen LogP contribution is -2.19. The fraction of sp³-hybridized carbons (Fsp3) is 0.243. The van der Waals surface area contributed by atoms with E-state index < -0.39 is 5.97 Å². The molecule has 7 nitrogen and oxygen atoms in total. The maximum absolute atomic E-state index is 12.6. The van der Waals surface area contributed by atoms with E-state index in [0.29, 0.717) is 12.2 Å². The lowest BCUT2D eigenvalue weighted by Gasteiger charge is -2.14. The van der Waals surface area contributed by atoms with Crippen molar-refractivity contribution in [1.29, 1.82) is 0 Å². The third-order valence-corrected chi connectivity index (χ3v) is 8.04. The van der Waals surface area contributed by atoms with Crippen molar-refractivity contribution in [3.63, 3.8) is 0 Å². The number of ether oxygens (including phenoxy) is 1. The van der Waals surface area contributed by atoms with Gasteiger partial charge in [-0.2, -0.15) is 0 Å². The van der Waals surface area contributed by atoms with E-state index in [0.717, 1.165) is 64.4 Å². The molecule has 1 aliphatic heterocycles. The van der Waals surface area contributed by atoms with E-state index in [4.69, 9.17) is 9.72 Å². The maximum atomic E-state index is 12.6. The fourth-order valence-corrected chi connectivity index (χ4v) is 5.56. The monoisotopic (exact) mass is 583 g/mol. The van der Waals surface area contributed by atoms with Crippen molar-refractivity contribution in [2.24, 2.45) is 0 Å². The summed E-state index contributed by atoms with van der Waals surface area (Å²) in [5.41, 5.74) is 9.09. The Bertz CT molecular complexity index is 1800. The predicted octanol–water partition coefficient (Wildman–Crippen LogP) is 6.78. The second-order valence-electron chi connectivity index (χ2n) is 11.3. The molecule has 0 unspecified atom stereocenters. The van der Waals surface area contributed by atoms with Crippen molar-refractivity contribution in [1.82, 2.24) is 24.4 Å². The lowest BCUT2D eigenvalue weighted by molar-refractivity contribution is -0.138. The van der Waals surface area contributed by atoms with Gasteiger partial charge in [-0.25, -0.2) is 14.8 Å². The number of aryl methyl sites for hydroxylation is 2. The number of imidazole rings is 1. The molecule has 0 N–H and O–H groups in total. The summed E-state index contributed by atoms with van der Waals surface area (Å²) >= 11 is 0. The average Bonchev–Trinajstić information content (AvgIpc) is 3.68. The minimum absolute atomic E-state index is 0.201. The van der Waals surface area contributed by atoms with Crippen LogP contribution in [-0.4, -0.2) is 50.0 Å². The Morgan fingerprint density at radius 3 is 2.48 bits per heavy atom. The third kappa shape index (κ3) is 7.18. The van der Waals surface area contributed by atoms with Crippen molar-refractivity contribution >= 4 is 28.7 Å². The van der Waals surface area contributed by atoms with Crippen LogP contribution in [0.5, 0.6) is 0 Å². The fourth-order valence-electron chi connectivity index (χ4n) is 5.56. The summed E-state index contributed by atoms with van der Waals surface area (Å²) in [7, 11) is 0. The van der Waals surface area contributed by atoms with Crippen LogP contribution in [0, 0.1) is 13.8 Å². The molecule has 3 aromatic heterocycles. The molecule has 2 aromatic carbocycles. The Balaban J connectivity index is 1.08. The highest BCUT2D eigenvalue weighted by molar-refractivity contribution is 5.87. The molecule has 1 fully saturated rings. The van der Waals surface area contributed by atoms with Gasteiger partial charge in [-0.1, -0.05) is 66.2 Å². The largest absolute Gasteiger partial charge is 0.458 e. The van der Waals surface area contributed by atoms with E-state index in [1.165, 1.54) is 24.5 Å². The summed E-state index contributed by atoms with van der Waals surface area (Å²) in [6.07, 6.45) is 11.5. The van der Waals surface area contributed by atoms with E-state index in [1.807, 2.05) is 43.3 Å². The Hall–Kier alpha value is -4.88. The Morgan fingerprint density at radius 2 is 1.68 bits per heavy atom. The molecule has 7 heteroatoms. The number of nitrogens with zero attached hydrogens (tertiary/aromatic N) is 5. The van der Waals surface area contributed by atoms with Crippen LogP contribution in [0.3, 0.4) is 0 Å². The van der Waals surface area contributed by atoms with Crippen LogP contribution in [-0.2, 0) is 22.7 Å². The number of hydrogen-bond acceptors (Lipinski definition) is 6. The molecule has 44 heavy (non-hydrogen) atoms. The molecule has 1 saturated heterocycles. The number of aromatic nitrogens is 4. The molecular weight excluding hydrogens is 546 g/mol. The van der Waals surface area contributed by atoms with Crippen molar-refractivity contribution < 1.29 is 9.53 Å². The first-order valence-corrected chi connectivity index (χ1v) is 15.2. The van der Waals surface area contributed by atoms with Gasteiger partial charge in [0.05, 0.1) is 23.1 Å². The molecular formula is C37H37N5O2. The molecule has 5 aromatic rings. The zero-order valence-electron chi connectivity index (χ0n) is 25.3. The topological polar surface area (TPSA) is 73.1 Å². The highest BCUT2D eigenvalue weighted by atomic mass is 16.5. The van der Waals surface area contributed by atoms with Crippen molar-refractivity contribution in [3.8, 4) is 0 Å². The molecule has 0 bridgehead atoms. The number of benzene rings is 2. The van der Waals surface area contributed by atoms with Gasteiger partial charge in [-0.3, -0.25) is 9.88 Å². The first kappa shape index (κ1) is 29.2. The quantitative estimate of drug-likeness (QED) is 0.133. The van der Waals surface area contributed by atoms with E-state index >= 15 is 0 Å². The van der Waals surface area contributed by atoms with Gasteiger partial charge < -0.3 is 9.30 Å². The number of carbonyl (C=O) groups excluding carboxylic acids is 1. The number of fused-ring (bicyclic) bond motifs is 1. The van der Waals surface area contributed by atoms with Crippen LogP contribution < -0.4 is 0 Å². The van der Waals surface area contributed by atoms with Crippen LogP contribution in [0.4, 0.5) is 0 Å². The predicted molar refractivity (Wildman–Crippen MR) is 175 cm³/mol. The first-order chi connectivity index (χ1) is 21.5. The summed E-state index contributed by atoms with van der Waals surface area (Å²) in [6, 6.07) is 24.6. The van der Waals surface area contributed by atoms with Crippen LogP contribution >= 0.6 is 0 Å². The summed E-state index contributed by atoms with van der Waals surface area (Å²) in [5.74, 6) is 0.543. The lowest BCUT2D eigenvalue weighted by atomic mass is 10.00. The van der Waals surface area contributed by atoms with Gasteiger partial charge in [0.1, 0.15) is 17.9 Å². The Morgan fingerprint density at radius 1 is 0.909 bits per heavy atom. The average molecular weight is 584 g/mol. The van der Waals surface area contributed by atoms with Gasteiger partial charge in [-0.05, 0) is 80.7 Å². The van der Waals surface area contributed by atoms with Crippen LogP contribution in [0.2, 0.25) is 0 Å². The number of rotatable bonds is 10. The number of likely N-dealkylation sites (tertiary alicyclic amines) is 1. The van der Waals surface area contributed by atoms with Gasteiger partial charge in [-0.15, -0.1) is 0 Å². The standard InChI is InChI=1S/C37H37N5O2/c1-27-8-14-31(15-9-27)33(19-23-41-21-3-4-22-41)34-7-5-6-32(40-34)16-17-37(43)44-26-30-12-10-29(11-13-30)25-42-28(2)39-35-24-38-20-18-36(35)42/h5-20,24H,3-4,21-23,25-26H2,1-2H3/b17-16?,33-19+. The van der Waals surface area contributed by atoms with Crippen LogP contribution in [0.25, 0.3) is 22.7 Å². The van der Waals surface area contributed by atoms with Crippen molar-refractivity contribution in [2.75, 3.05) is 19.6 Å². The summed E-state index contributed by atoms with van der Waals surface area (Å²) in [5, 5.41) is 0. The summed E-state index contributed by atoms with van der Waals surface area (Å²) in [6.45, 7) is 8.19. The molecule has 0 amide bonds. The molecule has 0 aliphatic carbocycles. The molecule has 6 rings (SSSR count). The van der Waals surface area contributed by atoms with Crippen molar-refractivity contribution in [3.05, 3.63) is 137 Å². The van der Waals surface area contributed by atoms with Crippen LogP contribution in [0.1, 0.15) is 52.3 Å². The second kappa shape index (κ2) is 13.6.